The minimum atomic E-state index is -0.428. The van der Waals surface area contributed by atoms with Crippen molar-refractivity contribution in [3.05, 3.63) is 40.0 Å². The van der Waals surface area contributed by atoms with E-state index in [1.807, 2.05) is 0 Å². The normalized spacial score (nSPS) is 16.3. The fourth-order valence-corrected chi connectivity index (χ4v) is 3.27. The van der Waals surface area contributed by atoms with Crippen LogP contribution in [0.4, 0.5) is 0 Å². The van der Waals surface area contributed by atoms with Gasteiger partial charge in [-0.1, -0.05) is 28.4 Å². The van der Waals surface area contributed by atoms with Crippen LogP contribution in [0.1, 0.15) is 23.3 Å². The molecule has 1 saturated heterocycles. The van der Waals surface area contributed by atoms with Crippen LogP contribution < -0.4 is 5.32 Å². The molecule has 1 aromatic heterocycles. The number of rotatable bonds is 6. The van der Waals surface area contributed by atoms with Crippen LogP contribution >= 0.6 is 23.2 Å². The fraction of sp³-hybridized carbons (Fsp3) is 0.389. The van der Waals surface area contributed by atoms with Gasteiger partial charge in [0.05, 0.1) is 17.7 Å². The van der Waals surface area contributed by atoms with Gasteiger partial charge in [0.2, 0.25) is 5.91 Å². The molecule has 1 fully saturated rings. The number of hydrogen-bond donors (Lipinski definition) is 1. The average Bonchev–Trinajstić information content (AvgIpc) is 3.31. The number of aromatic nitrogens is 1. The number of ether oxygens (including phenoxy) is 1. The molecule has 3 rings (SSSR count). The first-order chi connectivity index (χ1) is 12.9. The minimum Gasteiger partial charge on any atom is -0.376 e. The summed E-state index contributed by atoms with van der Waals surface area (Å²) in [7, 11) is 1.53. The first kappa shape index (κ1) is 19.7. The Kier molecular flexibility index (Phi) is 6.36. The summed E-state index contributed by atoms with van der Waals surface area (Å²) in [4.78, 5) is 25.8. The van der Waals surface area contributed by atoms with E-state index in [4.69, 9.17) is 32.5 Å². The molecule has 0 bridgehead atoms. The van der Waals surface area contributed by atoms with E-state index in [9.17, 15) is 9.59 Å². The van der Waals surface area contributed by atoms with Crippen LogP contribution in [0.3, 0.4) is 0 Å². The summed E-state index contributed by atoms with van der Waals surface area (Å²) in [6.07, 6.45) is 1.99. The molecule has 27 heavy (non-hydrogen) atoms. The average molecular weight is 412 g/mol. The third kappa shape index (κ3) is 5.00. The first-order valence-electron chi connectivity index (χ1n) is 8.50. The highest BCUT2D eigenvalue weighted by Gasteiger charge is 2.21. The molecule has 1 aromatic carbocycles. The SMILES string of the molecule is CN(CC(=O)NCC1CCCO1)C(=O)c1cc(-c2ccc(Cl)cc2Cl)on1. The van der Waals surface area contributed by atoms with Gasteiger partial charge in [0.15, 0.2) is 11.5 Å². The van der Waals surface area contributed by atoms with Crippen molar-refractivity contribution >= 4 is 35.0 Å². The Balaban J connectivity index is 1.58. The van der Waals surface area contributed by atoms with Crippen LogP contribution in [0.15, 0.2) is 28.8 Å². The Labute approximate surface area is 166 Å². The van der Waals surface area contributed by atoms with Gasteiger partial charge in [-0.25, -0.2) is 0 Å². The topological polar surface area (TPSA) is 84.7 Å². The summed E-state index contributed by atoms with van der Waals surface area (Å²) in [6.45, 7) is 1.09. The summed E-state index contributed by atoms with van der Waals surface area (Å²) in [5.74, 6) is -0.343. The lowest BCUT2D eigenvalue weighted by Crippen LogP contribution is -2.41. The van der Waals surface area contributed by atoms with Crippen LogP contribution in [-0.4, -0.2) is 54.7 Å². The van der Waals surface area contributed by atoms with E-state index in [1.165, 1.54) is 18.0 Å². The van der Waals surface area contributed by atoms with E-state index in [1.54, 1.807) is 18.2 Å². The van der Waals surface area contributed by atoms with E-state index in [0.717, 1.165) is 19.4 Å². The van der Waals surface area contributed by atoms with E-state index in [0.29, 0.717) is 27.9 Å². The summed E-state index contributed by atoms with van der Waals surface area (Å²) in [6, 6.07) is 6.41. The van der Waals surface area contributed by atoms with Crippen molar-refractivity contribution < 1.29 is 18.8 Å². The number of nitrogens with one attached hydrogen (secondary N) is 1. The van der Waals surface area contributed by atoms with E-state index in [2.05, 4.69) is 10.5 Å². The summed E-state index contributed by atoms with van der Waals surface area (Å²) in [5, 5.41) is 7.44. The van der Waals surface area contributed by atoms with E-state index < -0.39 is 5.91 Å². The Hall–Kier alpha value is -2.09. The molecule has 1 N–H and O–H groups in total. The minimum absolute atomic E-state index is 0.0529. The third-order valence-corrected chi connectivity index (χ3v) is 4.75. The number of amides is 2. The van der Waals surface area contributed by atoms with Gasteiger partial charge in [0.25, 0.3) is 5.91 Å². The lowest BCUT2D eigenvalue weighted by atomic mass is 10.1. The molecule has 1 aliphatic heterocycles. The highest BCUT2D eigenvalue weighted by atomic mass is 35.5. The molecule has 0 radical (unpaired) electrons. The molecule has 2 heterocycles. The molecular weight excluding hydrogens is 393 g/mol. The van der Waals surface area contributed by atoms with Gasteiger partial charge in [-0.3, -0.25) is 9.59 Å². The molecule has 144 valence electrons. The predicted molar refractivity (Wildman–Crippen MR) is 101 cm³/mol. The van der Waals surface area contributed by atoms with Gasteiger partial charge in [-0.15, -0.1) is 0 Å². The van der Waals surface area contributed by atoms with Crippen LogP contribution in [0.5, 0.6) is 0 Å². The van der Waals surface area contributed by atoms with Crippen molar-refractivity contribution in [1.29, 1.82) is 0 Å². The zero-order valence-corrected chi connectivity index (χ0v) is 16.2. The van der Waals surface area contributed by atoms with Crippen LogP contribution in [-0.2, 0) is 9.53 Å². The molecule has 0 saturated carbocycles. The monoisotopic (exact) mass is 411 g/mol. The lowest BCUT2D eigenvalue weighted by Gasteiger charge is -2.16. The number of hydrogen-bond acceptors (Lipinski definition) is 5. The molecule has 2 amide bonds. The van der Waals surface area contributed by atoms with Crippen molar-refractivity contribution in [3.63, 3.8) is 0 Å². The number of nitrogens with zero attached hydrogens (tertiary/aromatic N) is 2. The van der Waals surface area contributed by atoms with Crippen molar-refractivity contribution in [2.24, 2.45) is 0 Å². The summed E-state index contributed by atoms with van der Waals surface area (Å²) < 4.78 is 10.7. The molecule has 0 spiro atoms. The quantitative estimate of drug-likeness (QED) is 0.789. The van der Waals surface area contributed by atoms with Crippen molar-refractivity contribution in [1.82, 2.24) is 15.4 Å². The smallest absolute Gasteiger partial charge is 0.276 e. The highest BCUT2D eigenvalue weighted by Crippen LogP contribution is 2.30. The molecule has 7 nitrogen and oxygen atoms in total. The van der Waals surface area contributed by atoms with Gasteiger partial charge in [-0.2, -0.15) is 0 Å². The molecule has 9 heteroatoms. The Morgan fingerprint density at radius 2 is 2.15 bits per heavy atom. The molecule has 1 unspecified atom stereocenters. The second-order valence-corrected chi connectivity index (χ2v) is 7.14. The number of carbonyl (C=O) groups is 2. The van der Waals surface area contributed by atoms with Crippen LogP contribution in [0.2, 0.25) is 10.0 Å². The summed E-state index contributed by atoms with van der Waals surface area (Å²) in [5.41, 5.74) is 0.662. The third-order valence-electron chi connectivity index (χ3n) is 4.20. The molecular formula is C18H19Cl2N3O4. The number of carbonyl (C=O) groups excluding carboxylic acids is 2. The first-order valence-corrected chi connectivity index (χ1v) is 9.25. The zero-order valence-electron chi connectivity index (χ0n) is 14.7. The lowest BCUT2D eigenvalue weighted by molar-refractivity contribution is -0.122. The Morgan fingerprint density at radius 1 is 1.33 bits per heavy atom. The van der Waals surface area contributed by atoms with E-state index >= 15 is 0 Å². The van der Waals surface area contributed by atoms with Gasteiger partial charge in [0, 0.05) is 36.9 Å². The highest BCUT2D eigenvalue weighted by molar-refractivity contribution is 6.36. The van der Waals surface area contributed by atoms with Crippen molar-refractivity contribution in [2.75, 3.05) is 26.7 Å². The summed E-state index contributed by atoms with van der Waals surface area (Å²) >= 11 is 12.0. The maximum Gasteiger partial charge on any atom is 0.276 e. The van der Waals surface area contributed by atoms with Crippen LogP contribution in [0.25, 0.3) is 11.3 Å². The predicted octanol–water partition coefficient (Wildman–Crippen LogP) is 3.02. The van der Waals surface area contributed by atoms with E-state index in [-0.39, 0.29) is 24.2 Å². The second kappa shape index (κ2) is 8.73. The molecule has 2 aromatic rings. The number of halogens is 2. The maximum absolute atomic E-state index is 12.5. The Bertz CT molecular complexity index is 834. The number of likely N-dealkylation sites (N-methyl/N-ethyl adjacent to an activating group) is 1. The van der Waals surface area contributed by atoms with Crippen molar-refractivity contribution in [2.45, 2.75) is 18.9 Å². The zero-order chi connectivity index (χ0) is 19.4. The second-order valence-electron chi connectivity index (χ2n) is 6.30. The van der Waals surface area contributed by atoms with Crippen molar-refractivity contribution in [3.8, 4) is 11.3 Å². The fourth-order valence-electron chi connectivity index (χ4n) is 2.76. The Morgan fingerprint density at radius 3 is 2.85 bits per heavy atom. The molecule has 1 aliphatic rings. The molecule has 1 atom stereocenters. The standard InChI is InChI=1S/C18H19Cl2N3O4/c1-23(10-17(24)21-9-12-3-2-6-26-12)18(25)15-8-16(27-22-15)13-5-4-11(19)7-14(13)20/h4-5,7-8,12H,2-3,6,9-10H2,1H3,(H,21,24). The van der Waals surface area contributed by atoms with Gasteiger partial charge in [-0.05, 0) is 31.0 Å². The van der Waals surface area contributed by atoms with Gasteiger partial charge < -0.3 is 19.5 Å². The largest absolute Gasteiger partial charge is 0.376 e. The molecule has 0 aliphatic carbocycles. The van der Waals surface area contributed by atoms with Crippen LogP contribution in [0, 0.1) is 0 Å². The van der Waals surface area contributed by atoms with Gasteiger partial charge in [0.1, 0.15) is 0 Å². The maximum atomic E-state index is 12.5. The number of benzene rings is 1. The van der Waals surface area contributed by atoms with Gasteiger partial charge >= 0.3 is 0 Å².